The van der Waals surface area contributed by atoms with E-state index in [0.29, 0.717) is 16.8 Å². The second-order valence-electron chi connectivity index (χ2n) is 4.68. The zero-order valence-electron chi connectivity index (χ0n) is 11.7. The van der Waals surface area contributed by atoms with Crippen LogP contribution in [0.4, 0.5) is 0 Å². The van der Waals surface area contributed by atoms with Crippen molar-refractivity contribution in [3.05, 3.63) is 60.3 Å². The number of ether oxygens (including phenoxy) is 1. The molecule has 0 aliphatic carbocycles. The van der Waals surface area contributed by atoms with E-state index in [1.165, 1.54) is 34.4 Å². The smallest absolute Gasteiger partial charge is 0.268 e. The summed E-state index contributed by atoms with van der Waals surface area (Å²) < 4.78 is 31.8. The molecule has 0 atom stereocenters. The predicted octanol–water partition coefficient (Wildman–Crippen LogP) is 2.76. The lowest BCUT2D eigenvalue weighted by Crippen LogP contribution is -2.11. The molecule has 0 bridgehead atoms. The average molecular weight is 312 g/mol. The van der Waals surface area contributed by atoms with Gasteiger partial charge in [-0.15, -0.1) is 0 Å². The fourth-order valence-electron chi connectivity index (χ4n) is 2.25. The summed E-state index contributed by atoms with van der Waals surface area (Å²) in [5.41, 5.74) is 0.992. The van der Waals surface area contributed by atoms with Crippen molar-refractivity contribution in [3.63, 3.8) is 0 Å². The van der Waals surface area contributed by atoms with Gasteiger partial charge in [-0.3, -0.25) is 0 Å². The molecule has 1 heterocycles. The van der Waals surface area contributed by atoms with E-state index in [0.717, 1.165) is 5.39 Å². The van der Waals surface area contributed by atoms with Crippen molar-refractivity contribution >= 4 is 20.9 Å². The molecule has 5 nitrogen and oxygen atoms in total. The fourth-order valence-corrected chi connectivity index (χ4v) is 3.60. The number of aromatic nitrogens is 1. The molecule has 0 saturated heterocycles. The number of hydrogen-bond acceptors (Lipinski definition) is 4. The first-order chi connectivity index (χ1) is 10.6. The summed E-state index contributed by atoms with van der Waals surface area (Å²) >= 11 is 0. The molecule has 0 radical (unpaired) electrons. The summed E-state index contributed by atoms with van der Waals surface area (Å²) in [6.45, 7) is 0. The van der Waals surface area contributed by atoms with Crippen LogP contribution in [0.1, 0.15) is 5.56 Å². The minimum atomic E-state index is -3.70. The van der Waals surface area contributed by atoms with Crippen LogP contribution in [-0.2, 0) is 10.0 Å². The first-order valence-electron chi connectivity index (χ1n) is 6.47. The molecule has 0 unspecified atom stereocenters. The van der Waals surface area contributed by atoms with Gasteiger partial charge in [-0.1, -0.05) is 0 Å². The Morgan fingerprint density at radius 1 is 1.09 bits per heavy atom. The molecule has 3 aromatic rings. The van der Waals surface area contributed by atoms with Crippen molar-refractivity contribution in [3.8, 4) is 11.8 Å². The molecule has 3 rings (SSSR count). The number of methoxy groups -OCH3 is 1. The van der Waals surface area contributed by atoms with E-state index in [4.69, 9.17) is 10.00 Å². The van der Waals surface area contributed by atoms with Gasteiger partial charge >= 0.3 is 0 Å². The number of nitrogens with zero attached hydrogens (tertiary/aromatic N) is 2. The lowest BCUT2D eigenvalue weighted by atomic mass is 10.2. The maximum atomic E-state index is 12.7. The highest BCUT2D eigenvalue weighted by Crippen LogP contribution is 2.25. The number of hydrogen-bond donors (Lipinski definition) is 0. The Hall–Kier alpha value is -2.78. The summed E-state index contributed by atoms with van der Waals surface area (Å²) in [4.78, 5) is 0.139. The van der Waals surface area contributed by atoms with Crippen LogP contribution in [0.5, 0.6) is 5.75 Å². The van der Waals surface area contributed by atoms with Crippen LogP contribution >= 0.6 is 0 Å². The van der Waals surface area contributed by atoms with Gasteiger partial charge in [0.2, 0.25) is 0 Å². The van der Waals surface area contributed by atoms with Crippen LogP contribution in [0, 0.1) is 11.3 Å². The first-order valence-corrected chi connectivity index (χ1v) is 7.91. The Balaban J connectivity index is 2.14. The van der Waals surface area contributed by atoms with E-state index >= 15 is 0 Å². The van der Waals surface area contributed by atoms with E-state index in [9.17, 15) is 8.42 Å². The Labute approximate surface area is 128 Å². The lowest BCUT2D eigenvalue weighted by Gasteiger charge is -2.08. The molecule has 0 aliphatic heterocycles. The topological polar surface area (TPSA) is 72.1 Å². The fraction of sp³-hybridized carbons (Fsp3) is 0.0625. The number of fused-ring (bicyclic) bond motifs is 1. The number of nitriles is 1. The van der Waals surface area contributed by atoms with Gasteiger partial charge in [0.05, 0.1) is 29.2 Å². The SMILES string of the molecule is COc1ccc2c(ccn2S(=O)(=O)c2ccc(C#N)cc2)c1. The van der Waals surface area contributed by atoms with E-state index in [-0.39, 0.29) is 4.90 Å². The molecule has 0 spiro atoms. The predicted molar refractivity (Wildman–Crippen MR) is 82.2 cm³/mol. The third-order valence-corrected chi connectivity index (χ3v) is 5.11. The van der Waals surface area contributed by atoms with Gasteiger partial charge < -0.3 is 4.74 Å². The van der Waals surface area contributed by atoms with E-state index in [1.807, 2.05) is 6.07 Å². The van der Waals surface area contributed by atoms with Gasteiger partial charge in [-0.05, 0) is 48.5 Å². The zero-order chi connectivity index (χ0) is 15.7. The molecule has 0 fully saturated rings. The Bertz CT molecular complexity index is 980. The zero-order valence-corrected chi connectivity index (χ0v) is 12.5. The van der Waals surface area contributed by atoms with E-state index in [1.54, 1.807) is 31.4 Å². The van der Waals surface area contributed by atoms with Crippen molar-refractivity contribution in [1.29, 1.82) is 5.26 Å². The van der Waals surface area contributed by atoms with Crippen molar-refractivity contribution in [2.75, 3.05) is 7.11 Å². The summed E-state index contributed by atoms with van der Waals surface area (Å²) in [5, 5.41) is 9.56. The molecule has 22 heavy (non-hydrogen) atoms. The molecule has 0 amide bonds. The molecule has 0 N–H and O–H groups in total. The standard InChI is InChI=1S/C16H12N2O3S/c1-21-14-4-7-16-13(10-14)8-9-18(16)22(19,20)15-5-2-12(11-17)3-6-15/h2-10H,1H3. The molecule has 0 aliphatic rings. The summed E-state index contributed by atoms with van der Waals surface area (Å²) in [6, 6.07) is 14.7. The molecule has 1 aromatic heterocycles. The second kappa shape index (κ2) is 5.20. The van der Waals surface area contributed by atoms with Crippen molar-refractivity contribution < 1.29 is 13.2 Å². The van der Waals surface area contributed by atoms with Crippen molar-refractivity contribution in [1.82, 2.24) is 3.97 Å². The molecule has 110 valence electrons. The average Bonchev–Trinajstić information content (AvgIpc) is 2.98. The maximum Gasteiger partial charge on any atom is 0.268 e. The minimum absolute atomic E-state index is 0.139. The highest BCUT2D eigenvalue weighted by molar-refractivity contribution is 7.90. The Kier molecular flexibility index (Phi) is 3.35. The summed E-state index contributed by atoms with van der Waals surface area (Å²) in [6.07, 6.45) is 1.51. The highest BCUT2D eigenvalue weighted by atomic mass is 32.2. The third-order valence-electron chi connectivity index (χ3n) is 3.40. The van der Waals surface area contributed by atoms with Crippen LogP contribution in [0.3, 0.4) is 0 Å². The van der Waals surface area contributed by atoms with Crippen LogP contribution in [0.15, 0.2) is 59.6 Å². The van der Waals surface area contributed by atoms with Gasteiger partial charge in [-0.25, -0.2) is 12.4 Å². The Morgan fingerprint density at radius 3 is 2.45 bits per heavy atom. The van der Waals surface area contributed by atoms with Crippen LogP contribution in [-0.4, -0.2) is 19.5 Å². The van der Waals surface area contributed by atoms with E-state index < -0.39 is 10.0 Å². The Morgan fingerprint density at radius 2 is 1.82 bits per heavy atom. The van der Waals surface area contributed by atoms with Crippen LogP contribution in [0.25, 0.3) is 10.9 Å². The minimum Gasteiger partial charge on any atom is -0.497 e. The monoisotopic (exact) mass is 312 g/mol. The molecule has 6 heteroatoms. The summed E-state index contributed by atoms with van der Waals surface area (Å²) in [7, 11) is -2.14. The normalized spacial score (nSPS) is 11.3. The number of rotatable bonds is 3. The molecular formula is C16H12N2O3S. The first kappa shape index (κ1) is 14.2. The summed E-state index contributed by atoms with van der Waals surface area (Å²) in [5.74, 6) is 0.668. The molecular weight excluding hydrogens is 300 g/mol. The lowest BCUT2D eigenvalue weighted by molar-refractivity contribution is 0.415. The van der Waals surface area contributed by atoms with Gasteiger partial charge in [-0.2, -0.15) is 5.26 Å². The van der Waals surface area contributed by atoms with Crippen molar-refractivity contribution in [2.45, 2.75) is 4.90 Å². The van der Waals surface area contributed by atoms with Gasteiger partial charge in [0.15, 0.2) is 0 Å². The molecule has 0 saturated carbocycles. The third kappa shape index (κ3) is 2.22. The number of benzene rings is 2. The van der Waals surface area contributed by atoms with Crippen molar-refractivity contribution in [2.24, 2.45) is 0 Å². The largest absolute Gasteiger partial charge is 0.497 e. The van der Waals surface area contributed by atoms with E-state index in [2.05, 4.69) is 0 Å². The van der Waals surface area contributed by atoms with Crippen LogP contribution < -0.4 is 4.74 Å². The maximum absolute atomic E-state index is 12.7. The highest BCUT2D eigenvalue weighted by Gasteiger charge is 2.18. The van der Waals surface area contributed by atoms with Crippen LogP contribution in [0.2, 0.25) is 0 Å². The van der Waals surface area contributed by atoms with Gasteiger partial charge in [0.25, 0.3) is 10.0 Å². The second-order valence-corrected chi connectivity index (χ2v) is 6.49. The van der Waals surface area contributed by atoms with Gasteiger partial charge in [0.1, 0.15) is 5.75 Å². The molecule has 2 aromatic carbocycles. The quantitative estimate of drug-likeness (QED) is 0.745. The van der Waals surface area contributed by atoms with Gasteiger partial charge in [0, 0.05) is 11.6 Å².